The monoisotopic (exact) mass is 810 g/mol. The number of benzene rings is 4. The number of aromatic nitrogens is 3. The van der Waals surface area contributed by atoms with Gasteiger partial charge in [0.1, 0.15) is 5.60 Å². The number of nitrogens with zero attached hydrogens (tertiary/aromatic N) is 6. The third kappa shape index (κ3) is 8.90. The average Bonchev–Trinajstić information content (AvgIpc) is 3.70. The SMILES string of the molecule is CCC(=O)N1c2ccccc2[C@H](N(C(=O)OC(C)(C)C)c2ccc(Cn3cc(C(=O)Nc4ccc(N[C@@H]5C[C@H](C)N(C(=O)CC)c6ccccc65)cc4)nn3)cc2)C[C@@H]1C. The van der Waals surface area contributed by atoms with Crippen molar-refractivity contribution in [1.82, 2.24) is 15.0 Å². The van der Waals surface area contributed by atoms with E-state index in [2.05, 4.69) is 33.9 Å². The number of fused-ring (bicyclic) bond motifs is 2. The molecule has 0 fully saturated rings. The second-order valence-corrected chi connectivity index (χ2v) is 16.6. The molecule has 13 nitrogen and oxygen atoms in total. The Balaban J connectivity index is 1.01. The minimum absolute atomic E-state index is 0.0239. The number of hydrogen-bond donors (Lipinski definition) is 2. The van der Waals surface area contributed by atoms with Gasteiger partial charge in [0, 0.05) is 53.4 Å². The van der Waals surface area contributed by atoms with Crippen molar-refractivity contribution in [2.75, 3.05) is 25.3 Å². The normalized spacial score (nSPS) is 18.5. The second kappa shape index (κ2) is 17.4. The van der Waals surface area contributed by atoms with Gasteiger partial charge < -0.3 is 25.2 Å². The van der Waals surface area contributed by atoms with Gasteiger partial charge in [-0.15, -0.1) is 5.10 Å². The molecular weight excluding hydrogens is 757 g/mol. The second-order valence-electron chi connectivity index (χ2n) is 16.6. The number of hydrogen-bond acceptors (Lipinski definition) is 8. The maximum atomic E-state index is 14.0. The molecule has 0 spiro atoms. The van der Waals surface area contributed by atoms with Crippen LogP contribution in [0.5, 0.6) is 0 Å². The first-order chi connectivity index (χ1) is 28.7. The predicted octanol–water partition coefficient (Wildman–Crippen LogP) is 9.29. The zero-order chi connectivity index (χ0) is 42.7. The van der Waals surface area contributed by atoms with Crippen LogP contribution in [0.1, 0.15) is 113 Å². The molecule has 0 unspecified atom stereocenters. The Labute approximate surface area is 351 Å². The van der Waals surface area contributed by atoms with Crippen molar-refractivity contribution in [2.45, 2.75) is 110 Å². The highest BCUT2D eigenvalue weighted by molar-refractivity contribution is 6.02. The lowest BCUT2D eigenvalue weighted by molar-refractivity contribution is -0.119. The predicted molar refractivity (Wildman–Crippen MR) is 234 cm³/mol. The van der Waals surface area contributed by atoms with E-state index in [0.717, 1.165) is 40.2 Å². The Morgan fingerprint density at radius 3 is 1.93 bits per heavy atom. The van der Waals surface area contributed by atoms with Crippen molar-refractivity contribution >= 4 is 52.3 Å². The lowest BCUT2D eigenvalue weighted by Gasteiger charge is -2.43. The highest BCUT2D eigenvalue weighted by atomic mass is 16.6. The topological polar surface area (TPSA) is 142 Å². The largest absolute Gasteiger partial charge is 0.443 e. The molecule has 4 amide bonds. The van der Waals surface area contributed by atoms with Crippen LogP contribution in [-0.2, 0) is 20.9 Å². The van der Waals surface area contributed by atoms with Gasteiger partial charge in [0.05, 0.1) is 24.8 Å². The smallest absolute Gasteiger partial charge is 0.415 e. The molecule has 0 radical (unpaired) electrons. The van der Waals surface area contributed by atoms with Gasteiger partial charge in [-0.25, -0.2) is 9.48 Å². The van der Waals surface area contributed by atoms with Gasteiger partial charge in [-0.2, -0.15) is 0 Å². The number of carbonyl (C=O) groups is 4. The summed E-state index contributed by atoms with van der Waals surface area (Å²) >= 11 is 0. The van der Waals surface area contributed by atoms with Crippen molar-refractivity contribution in [3.05, 3.63) is 126 Å². The van der Waals surface area contributed by atoms with Gasteiger partial charge in [0.25, 0.3) is 5.91 Å². The van der Waals surface area contributed by atoms with E-state index < -0.39 is 11.7 Å². The summed E-state index contributed by atoms with van der Waals surface area (Å²) in [7, 11) is 0. The van der Waals surface area contributed by atoms with E-state index in [9.17, 15) is 19.2 Å². The fraction of sp³-hybridized carbons (Fsp3) is 0.362. The van der Waals surface area contributed by atoms with E-state index in [1.807, 2.05) is 142 Å². The third-order valence-corrected chi connectivity index (χ3v) is 11.0. The molecule has 60 heavy (non-hydrogen) atoms. The third-order valence-electron chi connectivity index (χ3n) is 11.0. The quantitative estimate of drug-likeness (QED) is 0.142. The van der Waals surface area contributed by atoms with Crippen LogP contribution in [0.4, 0.5) is 33.2 Å². The zero-order valence-electron chi connectivity index (χ0n) is 35.4. The Kier molecular flexibility index (Phi) is 12.1. The zero-order valence-corrected chi connectivity index (χ0v) is 35.4. The summed E-state index contributed by atoms with van der Waals surface area (Å²) < 4.78 is 7.54. The minimum Gasteiger partial charge on any atom is -0.443 e. The van der Waals surface area contributed by atoms with Gasteiger partial charge in [0.2, 0.25) is 11.8 Å². The molecule has 0 saturated heterocycles. The van der Waals surface area contributed by atoms with E-state index >= 15 is 0 Å². The molecule has 0 bridgehead atoms. The van der Waals surface area contributed by atoms with E-state index in [1.54, 1.807) is 15.8 Å². The summed E-state index contributed by atoms with van der Waals surface area (Å²) in [6.07, 6.45) is 3.26. The van der Waals surface area contributed by atoms with Gasteiger partial charge in [0.15, 0.2) is 5.69 Å². The van der Waals surface area contributed by atoms with Crippen LogP contribution in [0.3, 0.4) is 0 Å². The van der Waals surface area contributed by atoms with Crippen LogP contribution in [0.15, 0.2) is 103 Å². The number of rotatable bonds is 10. The summed E-state index contributed by atoms with van der Waals surface area (Å²) in [5.74, 6) is -0.236. The first-order valence-corrected chi connectivity index (χ1v) is 20.8. The molecule has 0 aliphatic carbocycles. The molecule has 312 valence electrons. The summed E-state index contributed by atoms with van der Waals surface area (Å²) in [5.41, 5.74) is 6.20. The first kappa shape index (κ1) is 41.7. The van der Waals surface area contributed by atoms with E-state index in [4.69, 9.17) is 4.74 Å². The average molecular weight is 811 g/mol. The molecule has 2 N–H and O–H groups in total. The molecule has 4 atom stereocenters. The van der Waals surface area contributed by atoms with Gasteiger partial charge in [-0.1, -0.05) is 67.6 Å². The fourth-order valence-corrected chi connectivity index (χ4v) is 8.27. The molecular formula is C47H54N8O5. The van der Waals surface area contributed by atoms with Crippen LogP contribution >= 0.6 is 0 Å². The number of amides is 4. The maximum Gasteiger partial charge on any atom is 0.415 e. The van der Waals surface area contributed by atoms with Crippen LogP contribution in [-0.4, -0.2) is 56.5 Å². The summed E-state index contributed by atoms with van der Waals surface area (Å²) in [6, 6.07) is 30.5. The van der Waals surface area contributed by atoms with Gasteiger partial charge in [-0.3, -0.25) is 19.3 Å². The van der Waals surface area contributed by atoms with Crippen LogP contribution in [0, 0.1) is 0 Å². The van der Waals surface area contributed by atoms with Crippen molar-refractivity contribution in [3.8, 4) is 0 Å². The Hall–Kier alpha value is -6.50. The van der Waals surface area contributed by atoms with Crippen LogP contribution in [0.2, 0.25) is 0 Å². The lowest BCUT2D eigenvalue weighted by atomic mass is 9.90. The highest BCUT2D eigenvalue weighted by Crippen LogP contribution is 2.43. The van der Waals surface area contributed by atoms with Crippen molar-refractivity contribution in [3.63, 3.8) is 0 Å². The summed E-state index contributed by atoms with van der Waals surface area (Å²) in [6.45, 7) is 13.7. The van der Waals surface area contributed by atoms with Crippen LogP contribution in [0.25, 0.3) is 0 Å². The van der Waals surface area contributed by atoms with E-state index in [0.29, 0.717) is 37.2 Å². The molecule has 7 rings (SSSR count). The number of nitrogens with one attached hydrogen (secondary N) is 2. The summed E-state index contributed by atoms with van der Waals surface area (Å²) in [5, 5.41) is 14.9. The molecule has 5 aromatic rings. The van der Waals surface area contributed by atoms with Crippen molar-refractivity contribution in [2.24, 2.45) is 0 Å². The standard InChI is InChI=1S/C47H54N8O5/c1-8-43(56)53-30(3)26-38(36-14-10-12-16-40(36)53)48-33-20-22-34(23-21-33)49-45(58)39-29-52(51-50-39)28-32-18-24-35(25-19-32)55(46(59)60-47(5,6)7)42-27-31(4)54(44(57)9-2)41-17-13-11-15-37(41)42/h10-25,29-31,38,42,48H,8-9,26-28H2,1-7H3,(H,49,58)/t30-,31-,38+,42+/m0/s1. The lowest BCUT2D eigenvalue weighted by Crippen LogP contribution is -2.48. The van der Waals surface area contributed by atoms with Crippen molar-refractivity contribution < 1.29 is 23.9 Å². The number of para-hydroxylation sites is 2. The minimum atomic E-state index is -0.723. The molecule has 4 aromatic carbocycles. The Morgan fingerprint density at radius 2 is 1.32 bits per heavy atom. The molecule has 3 heterocycles. The highest BCUT2D eigenvalue weighted by Gasteiger charge is 2.40. The number of anilines is 5. The molecule has 2 aliphatic heterocycles. The first-order valence-electron chi connectivity index (χ1n) is 20.8. The van der Waals surface area contributed by atoms with Gasteiger partial charge >= 0.3 is 6.09 Å². The molecule has 0 saturated carbocycles. The van der Waals surface area contributed by atoms with Crippen molar-refractivity contribution in [1.29, 1.82) is 0 Å². The molecule has 2 aliphatic rings. The fourth-order valence-electron chi connectivity index (χ4n) is 8.27. The Bertz CT molecular complexity index is 2350. The van der Waals surface area contributed by atoms with Gasteiger partial charge in [-0.05, 0) is 113 Å². The number of carbonyl (C=O) groups excluding carboxylic acids is 4. The van der Waals surface area contributed by atoms with E-state index in [1.165, 1.54) is 0 Å². The van der Waals surface area contributed by atoms with E-state index in [-0.39, 0.29) is 47.6 Å². The summed E-state index contributed by atoms with van der Waals surface area (Å²) in [4.78, 5) is 58.4. The maximum absolute atomic E-state index is 14.0. The Morgan fingerprint density at radius 1 is 0.750 bits per heavy atom. The van der Waals surface area contributed by atoms with Crippen LogP contribution < -0.4 is 25.3 Å². The number of ether oxygens (including phenoxy) is 1. The molecule has 13 heteroatoms. The molecule has 1 aromatic heterocycles.